The first-order valence-electron chi connectivity index (χ1n) is 9.72. The number of methoxy groups -OCH3 is 2. The number of ether oxygens (including phenoxy) is 2. The van der Waals surface area contributed by atoms with Crippen LogP contribution in [-0.4, -0.2) is 34.9 Å². The Bertz CT molecular complexity index is 971. The maximum atomic E-state index is 5.22. The molecule has 0 radical (unpaired) electrons. The molecule has 8 nitrogen and oxygen atoms in total. The molecule has 0 fully saturated rings. The molecular weight excluding hydrogens is 507 g/mol. The van der Waals surface area contributed by atoms with Crippen LogP contribution in [0.2, 0.25) is 0 Å². The van der Waals surface area contributed by atoms with E-state index < -0.39 is 0 Å². The third-order valence-electron chi connectivity index (χ3n) is 4.79. The Morgan fingerprint density at radius 1 is 0.871 bits per heavy atom. The standard InChI is InChI=1S/C22H28N6O2.HI/c1-16-26-27-21(28(16)2)15-25-22(23-13-17-5-9-19(29-3)10-6-17)24-14-18-7-11-20(30-4)12-8-18;/h5-12H,13-15H2,1-4H3,(H2,23,24,25);1H. The van der Waals surface area contributed by atoms with Gasteiger partial charge in [0.2, 0.25) is 0 Å². The molecule has 9 heteroatoms. The molecule has 166 valence electrons. The SMILES string of the molecule is COc1ccc(CN=C(NCc2ccc(OC)cc2)NCc2nnc(C)n2C)cc1.I. The molecule has 2 N–H and O–H groups in total. The average molecular weight is 536 g/mol. The summed E-state index contributed by atoms with van der Waals surface area (Å²) in [7, 11) is 5.27. The zero-order valence-corrected chi connectivity index (χ0v) is 20.6. The molecular formula is C22H29IN6O2. The fourth-order valence-electron chi connectivity index (χ4n) is 2.77. The van der Waals surface area contributed by atoms with Gasteiger partial charge in [0.05, 0.1) is 27.3 Å². The minimum Gasteiger partial charge on any atom is -0.497 e. The summed E-state index contributed by atoms with van der Waals surface area (Å²) in [5, 5.41) is 15.0. The lowest BCUT2D eigenvalue weighted by Crippen LogP contribution is -2.37. The third kappa shape index (κ3) is 7.12. The normalized spacial score (nSPS) is 10.9. The largest absolute Gasteiger partial charge is 0.497 e. The smallest absolute Gasteiger partial charge is 0.192 e. The highest BCUT2D eigenvalue weighted by molar-refractivity contribution is 14.0. The number of nitrogens with one attached hydrogen (secondary N) is 2. The number of rotatable bonds is 8. The van der Waals surface area contributed by atoms with Crippen molar-refractivity contribution in [3.05, 3.63) is 71.3 Å². The number of hydrogen-bond acceptors (Lipinski definition) is 5. The van der Waals surface area contributed by atoms with Gasteiger partial charge in [-0.3, -0.25) is 0 Å². The number of aromatic nitrogens is 3. The molecule has 0 saturated carbocycles. The van der Waals surface area contributed by atoms with Gasteiger partial charge in [0, 0.05) is 13.6 Å². The molecule has 0 aliphatic carbocycles. The summed E-state index contributed by atoms with van der Waals surface area (Å²) in [5.41, 5.74) is 2.22. The Kier molecular flexibility index (Phi) is 9.57. The molecule has 0 aliphatic heterocycles. The van der Waals surface area contributed by atoms with Crippen molar-refractivity contribution in [2.45, 2.75) is 26.6 Å². The van der Waals surface area contributed by atoms with E-state index in [1.807, 2.05) is 67.1 Å². The molecule has 1 aromatic heterocycles. The minimum atomic E-state index is 0. The van der Waals surface area contributed by atoms with Crippen LogP contribution in [0.15, 0.2) is 53.5 Å². The van der Waals surface area contributed by atoms with Gasteiger partial charge in [0.15, 0.2) is 11.8 Å². The molecule has 0 amide bonds. The van der Waals surface area contributed by atoms with Crippen molar-refractivity contribution < 1.29 is 9.47 Å². The number of benzene rings is 2. The van der Waals surface area contributed by atoms with Crippen LogP contribution in [0.4, 0.5) is 0 Å². The number of nitrogens with zero attached hydrogens (tertiary/aromatic N) is 4. The van der Waals surface area contributed by atoms with E-state index in [0.717, 1.165) is 34.3 Å². The summed E-state index contributed by atoms with van der Waals surface area (Å²) < 4.78 is 12.4. The quantitative estimate of drug-likeness (QED) is 0.262. The number of aryl methyl sites for hydroxylation is 1. The summed E-state index contributed by atoms with van der Waals surface area (Å²) in [4.78, 5) is 4.72. The van der Waals surface area contributed by atoms with E-state index in [0.29, 0.717) is 25.6 Å². The number of guanidine groups is 1. The second kappa shape index (κ2) is 12.1. The van der Waals surface area contributed by atoms with Gasteiger partial charge in [-0.15, -0.1) is 34.2 Å². The van der Waals surface area contributed by atoms with Crippen LogP contribution in [0, 0.1) is 6.92 Å². The Morgan fingerprint density at radius 2 is 1.42 bits per heavy atom. The maximum Gasteiger partial charge on any atom is 0.192 e. The third-order valence-corrected chi connectivity index (χ3v) is 4.79. The molecule has 31 heavy (non-hydrogen) atoms. The maximum absolute atomic E-state index is 5.22. The Labute approximate surface area is 200 Å². The molecule has 3 aromatic rings. The summed E-state index contributed by atoms with van der Waals surface area (Å²) in [6.45, 7) is 3.63. The van der Waals surface area contributed by atoms with Crippen molar-refractivity contribution in [2.24, 2.45) is 12.0 Å². The van der Waals surface area contributed by atoms with E-state index in [-0.39, 0.29) is 24.0 Å². The average Bonchev–Trinajstić information content (AvgIpc) is 3.11. The van der Waals surface area contributed by atoms with Crippen molar-refractivity contribution >= 4 is 29.9 Å². The molecule has 1 heterocycles. The van der Waals surface area contributed by atoms with Gasteiger partial charge in [0.1, 0.15) is 17.3 Å². The first-order valence-corrected chi connectivity index (χ1v) is 9.72. The minimum absolute atomic E-state index is 0. The predicted molar refractivity (Wildman–Crippen MR) is 132 cm³/mol. The van der Waals surface area contributed by atoms with Crippen molar-refractivity contribution in [3.63, 3.8) is 0 Å². The number of halogens is 1. The molecule has 0 atom stereocenters. The first-order chi connectivity index (χ1) is 14.6. The van der Waals surface area contributed by atoms with Crippen LogP contribution >= 0.6 is 24.0 Å². The summed E-state index contributed by atoms with van der Waals surface area (Å²) in [6, 6.07) is 15.8. The van der Waals surface area contributed by atoms with Gasteiger partial charge in [-0.05, 0) is 42.3 Å². The number of hydrogen-bond donors (Lipinski definition) is 2. The summed E-state index contributed by atoms with van der Waals surface area (Å²) in [6.07, 6.45) is 0. The van der Waals surface area contributed by atoms with Crippen molar-refractivity contribution in [1.82, 2.24) is 25.4 Å². The molecule has 0 bridgehead atoms. The van der Waals surface area contributed by atoms with Crippen molar-refractivity contribution in [2.75, 3.05) is 14.2 Å². The van der Waals surface area contributed by atoms with Crippen LogP contribution in [0.1, 0.15) is 22.8 Å². The Balaban J connectivity index is 0.00000341. The van der Waals surface area contributed by atoms with Crippen molar-refractivity contribution in [1.29, 1.82) is 0 Å². The van der Waals surface area contributed by atoms with Gasteiger partial charge >= 0.3 is 0 Å². The highest BCUT2D eigenvalue weighted by Gasteiger charge is 2.07. The molecule has 3 rings (SSSR count). The fraction of sp³-hybridized carbons (Fsp3) is 0.318. The summed E-state index contributed by atoms with van der Waals surface area (Å²) >= 11 is 0. The van der Waals surface area contributed by atoms with Gasteiger partial charge in [-0.1, -0.05) is 24.3 Å². The van der Waals surface area contributed by atoms with E-state index in [4.69, 9.17) is 14.5 Å². The van der Waals surface area contributed by atoms with Gasteiger partial charge in [-0.2, -0.15) is 0 Å². The van der Waals surface area contributed by atoms with Crippen LogP contribution in [-0.2, 0) is 26.7 Å². The lowest BCUT2D eigenvalue weighted by atomic mass is 10.2. The monoisotopic (exact) mass is 536 g/mol. The molecule has 2 aromatic carbocycles. The second-order valence-corrected chi connectivity index (χ2v) is 6.79. The van der Waals surface area contributed by atoms with Gasteiger partial charge in [-0.25, -0.2) is 4.99 Å². The Morgan fingerprint density at radius 3 is 1.94 bits per heavy atom. The number of aliphatic imine (C=N–C) groups is 1. The molecule has 0 unspecified atom stereocenters. The van der Waals surface area contributed by atoms with Crippen LogP contribution in [0.25, 0.3) is 0 Å². The molecule has 0 spiro atoms. The van der Waals surface area contributed by atoms with Crippen LogP contribution in [0.5, 0.6) is 11.5 Å². The zero-order valence-electron chi connectivity index (χ0n) is 18.3. The fourth-order valence-corrected chi connectivity index (χ4v) is 2.77. The lowest BCUT2D eigenvalue weighted by Gasteiger charge is -2.13. The molecule has 0 saturated heterocycles. The van der Waals surface area contributed by atoms with Crippen LogP contribution < -0.4 is 20.1 Å². The summed E-state index contributed by atoms with van der Waals surface area (Å²) in [5.74, 6) is 4.08. The first kappa shape index (κ1) is 24.4. The van der Waals surface area contributed by atoms with Crippen LogP contribution in [0.3, 0.4) is 0 Å². The van der Waals surface area contributed by atoms with E-state index in [2.05, 4.69) is 20.8 Å². The van der Waals surface area contributed by atoms with E-state index in [9.17, 15) is 0 Å². The lowest BCUT2D eigenvalue weighted by molar-refractivity contribution is 0.414. The highest BCUT2D eigenvalue weighted by atomic mass is 127. The second-order valence-electron chi connectivity index (χ2n) is 6.79. The predicted octanol–water partition coefficient (Wildman–Crippen LogP) is 3.19. The van der Waals surface area contributed by atoms with E-state index in [1.54, 1.807) is 14.2 Å². The van der Waals surface area contributed by atoms with E-state index >= 15 is 0 Å². The highest BCUT2D eigenvalue weighted by Crippen LogP contribution is 2.12. The topological polar surface area (TPSA) is 85.6 Å². The van der Waals surface area contributed by atoms with Gasteiger partial charge < -0.3 is 24.7 Å². The molecule has 0 aliphatic rings. The van der Waals surface area contributed by atoms with Crippen molar-refractivity contribution in [3.8, 4) is 11.5 Å². The van der Waals surface area contributed by atoms with E-state index in [1.165, 1.54) is 0 Å². The van der Waals surface area contributed by atoms with Gasteiger partial charge in [0.25, 0.3) is 0 Å². The zero-order chi connectivity index (χ0) is 21.3. The Hall–Kier alpha value is -2.82.